The summed E-state index contributed by atoms with van der Waals surface area (Å²) in [5, 5.41) is 5.04. The van der Waals surface area contributed by atoms with Crippen LogP contribution in [-0.4, -0.2) is 29.0 Å². The van der Waals surface area contributed by atoms with E-state index in [9.17, 15) is 9.59 Å². The first kappa shape index (κ1) is 15.8. The van der Waals surface area contributed by atoms with E-state index in [1.165, 1.54) is 18.4 Å². The molecule has 0 saturated heterocycles. The van der Waals surface area contributed by atoms with E-state index >= 15 is 0 Å². The summed E-state index contributed by atoms with van der Waals surface area (Å²) in [7, 11) is 1.34. The van der Waals surface area contributed by atoms with Crippen LogP contribution in [0, 0.1) is 0 Å². The molecule has 0 saturated carbocycles. The van der Waals surface area contributed by atoms with Gasteiger partial charge in [-0.1, -0.05) is 18.2 Å². The second-order valence-electron chi connectivity index (χ2n) is 4.78. The number of benzene rings is 1. The largest absolute Gasteiger partial charge is 0.465 e. The Morgan fingerprint density at radius 1 is 1.12 bits per heavy atom. The Hall–Kier alpha value is -3.06. The molecule has 120 valence electrons. The second-order valence-corrected chi connectivity index (χ2v) is 5.63. The molecule has 6 nitrogen and oxygen atoms in total. The highest BCUT2D eigenvalue weighted by molar-refractivity contribution is 7.14. The minimum atomic E-state index is -0.386. The van der Waals surface area contributed by atoms with E-state index < -0.39 is 0 Å². The maximum atomic E-state index is 12.1. The third-order valence-electron chi connectivity index (χ3n) is 3.22. The molecule has 0 aliphatic rings. The number of anilines is 1. The Bertz CT molecular complexity index is 860. The molecule has 3 rings (SSSR count). The van der Waals surface area contributed by atoms with Gasteiger partial charge in [0.2, 0.25) is 0 Å². The highest BCUT2D eigenvalue weighted by Gasteiger charge is 2.11. The molecule has 0 unspecified atom stereocenters. The molecule has 24 heavy (non-hydrogen) atoms. The van der Waals surface area contributed by atoms with Crippen LogP contribution in [0.3, 0.4) is 0 Å². The Morgan fingerprint density at radius 2 is 1.92 bits per heavy atom. The molecule has 2 aromatic heterocycles. The van der Waals surface area contributed by atoms with Gasteiger partial charge in [0.05, 0.1) is 18.4 Å². The van der Waals surface area contributed by atoms with Crippen LogP contribution >= 0.6 is 11.3 Å². The van der Waals surface area contributed by atoms with E-state index in [1.54, 1.807) is 48.7 Å². The topological polar surface area (TPSA) is 81.2 Å². The Labute approximate surface area is 142 Å². The molecule has 1 amide bonds. The maximum absolute atomic E-state index is 12.1. The van der Waals surface area contributed by atoms with Gasteiger partial charge in [-0.3, -0.25) is 15.1 Å². The quantitative estimate of drug-likeness (QED) is 0.738. The number of aromatic nitrogens is 2. The highest BCUT2D eigenvalue weighted by Crippen LogP contribution is 2.25. The molecule has 0 atom stereocenters. The van der Waals surface area contributed by atoms with Crippen molar-refractivity contribution in [2.75, 3.05) is 12.4 Å². The molecule has 7 heteroatoms. The van der Waals surface area contributed by atoms with Crippen LogP contribution in [0.25, 0.3) is 11.3 Å². The number of methoxy groups -OCH3 is 1. The highest BCUT2D eigenvalue weighted by atomic mass is 32.1. The van der Waals surface area contributed by atoms with E-state index in [1.807, 2.05) is 5.38 Å². The summed E-state index contributed by atoms with van der Waals surface area (Å²) in [4.78, 5) is 31.9. The SMILES string of the molecule is COC(=O)c1ccc(-c2csc(NC(=O)c3ccccn3)n2)cc1. The van der Waals surface area contributed by atoms with Crippen molar-refractivity contribution in [2.45, 2.75) is 0 Å². The lowest BCUT2D eigenvalue weighted by molar-refractivity contribution is 0.0600. The first-order valence-electron chi connectivity index (χ1n) is 7.04. The fraction of sp³-hybridized carbons (Fsp3) is 0.0588. The smallest absolute Gasteiger partial charge is 0.337 e. The third-order valence-corrected chi connectivity index (χ3v) is 3.98. The summed E-state index contributed by atoms with van der Waals surface area (Å²) in [6.45, 7) is 0. The van der Waals surface area contributed by atoms with Gasteiger partial charge in [0.1, 0.15) is 5.69 Å². The van der Waals surface area contributed by atoms with Gasteiger partial charge in [-0.15, -0.1) is 11.3 Å². The zero-order valence-electron chi connectivity index (χ0n) is 12.7. The molecule has 0 aliphatic heterocycles. The van der Waals surface area contributed by atoms with Gasteiger partial charge < -0.3 is 4.74 Å². The van der Waals surface area contributed by atoms with Crippen molar-refractivity contribution in [1.29, 1.82) is 0 Å². The second kappa shape index (κ2) is 7.01. The van der Waals surface area contributed by atoms with Gasteiger partial charge in [-0.05, 0) is 24.3 Å². The fourth-order valence-corrected chi connectivity index (χ4v) is 2.73. The molecule has 0 bridgehead atoms. The number of carbonyl (C=O) groups excluding carboxylic acids is 2. The molecule has 0 aliphatic carbocycles. The zero-order chi connectivity index (χ0) is 16.9. The maximum Gasteiger partial charge on any atom is 0.337 e. The lowest BCUT2D eigenvalue weighted by Crippen LogP contribution is -2.13. The summed E-state index contributed by atoms with van der Waals surface area (Å²) in [5.74, 6) is -0.694. The molecule has 1 aromatic carbocycles. The summed E-state index contributed by atoms with van der Waals surface area (Å²) in [6.07, 6.45) is 1.56. The van der Waals surface area contributed by atoms with Crippen LogP contribution in [0.15, 0.2) is 54.0 Å². The minimum Gasteiger partial charge on any atom is -0.465 e. The van der Waals surface area contributed by atoms with Crippen molar-refractivity contribution in [3.05, 3.63) is 65.3 Å². The van der Waals surface area contributed by atoms with Crippen molar-refractivity contribution in [3.63, 3.8) is 0 Å². The molecule has 0 fully saturated rings. The first-order valence-corrected chi connectivity index (χ1v) is 7.92. The third kappa shape index (κ3) is 3.47. The van der Waals surface area contributed by atoms with E-state index in [2.05, 4.69) is 20.0 Å². The van der Waals surface area contributed by atoms with Crippen LogP contribution < -0.4 is 5.32 Å². The Kier molecular flexibility index (Phi) is 4.62. The van der Waals surface area contributed by atoms with Crippen LogP contribution in [0.4, 0.5) is 5.13 Å². The molecule has 0 spiro atoms. The monoisotopic (exact) mass is 339 g/mol. The number of thiazole rings is 1. The van der Waals surface area contributed by atoms with Crippen molar-refractivity contribution >= 4 is 28.3 Å². The minimum absolute atomic E-state index is 0.308. The van der Waals surface area contributed by atoms with Gasteiger partial charge in [0.15, 0.2) is 5.13 Å². The number of hydrogen-bond acceptors (Lipinski definition) is 6. The average Bonchev–Trinajstić information content (AvgIpc) is 3.10. The molecule has 0 radical (unpaired) electrons. The average molecular weight is 339 g/mol. The van der Waals surface area contributed by atoms with Crippen molar-refractivity contribution in [3.8, 4) is 11.3 Å². The summed E-state index contributed by atoms with van der Waals surface area (Å²) in [5.41, 5.74) is 2.36. The molecule has 2 heterocycles. The lowest BCUT2D eigenvalue weighted by atomic mass is 10.1. The molecular weight excluding hydrogens is 326 g/mol. The number of hydrogen-bond donors (Lipinski definition) is 1. The number of nitrogens with zero attached hydrogens (tertiary/aromatic N) is 2. The van der Waals surface area contributed by atoms with Gasteiger partial charge in [-0.25, -0.2) is 9.78 Å². The van der Waals surface area contributed by atoms with Gasteiger partial charge in [0, 0.05) is 17.1 Å². The van der Waals surface area contributed by atoms with Crippen molar-refractivity contribution in [1.82, 2.24) is 9.97 Å². The van der Waals surface area contributed by atoms with Crippen molar-refractivity contribution < 1.29 is 14.3 Å². The van der Waals surface area contributed by atoms with E-state index in [4.69, 9.17) is 0 Å². The Morgan fingerprint density at radius 3 is 2.58 bits per heavy atom. The van der Waals surface area contributed by atoms with E-state index in [0.29, 0.717) is 22.1 Å². The van der Waals surface area contributed by atoms with E-state index in [-0.39, 0.29) is 11.9 Å². The van der Waals surface area contributed by atoms with Gasteiger partial charge in [-0.2, -0.15) is 0 Å². The number of amides is 1. The summed E-state index contributed by atoms with van der Waals surface area (Å²) < 4.78 is 4.67. The molecule has 1 N–H and O–H groups in total. The fourth-order valence-electron chi connectivity index (χ4n) is 2.02. The Balaban J connectivity index is 1.73. The van der Waals surface area contributed by atoms with Gasteiger partial charge >= 0.3 is 5.97 Å². The van der Waals surface area contributed by atoms with Crippen LogP contribution in [0.5, 0.6) is 0 Å². The number of rotatable bonds is 4. The lowest BCUT2D eigenvalue weighted by Gasteiger charge is -2.01. The normalized spacial score (nSPS) is 10.2. The number of esters is 1. The van der Waals surface area contributed by atoms with Crippen molar-refractivity contribution in [2.24, 2.45) is 0 Å². The number of ether oxygens (including phenoxy) is 1. The predicted molar refractivity (Wildman–Crippen MR) is 91.1 cm³/mol. The summed E-state index contributed by atoms with van der Waals surface area (Å²) in [6, 6.07) is 12.0. The predicted octanol–water partition coefficient (Wildman–Crippen LogP) is 3.24. The van der Waals surface area contributed by atoms with Crippen LogP contribution in [0.1, 0.15) is 20.8 Å². The first-order chi connectivity index (χ1) is 11.7. The van der Waals surface area contributed by atoms with Gasteiger partial charge in [0.25, 0.3) is 5.91 Å². The number of carbonyl (C=O) groups is 2. The number of nitrogens with one attached hydrogen (secondary N) is 1. The molecule has 3 aromatic rings. The zero-order valence-corrected chi connectivity index (χ0v) is 13.5. The van der Waals surface area contributed by atoms with Crippen LogP contribution in [-0.2, 0) is 4.74 Å². The summed E-state index contributed by atoms with van der Waals surface area (Å²) >= 11 is 1.32. The van der Waals surface area contributed by atoms with Crippen LogP contribution in [0.2, 0.25) is 0 Å². The standard InChI is InChI=1S/C17H13N3O3S/c1-23-16(22)12-7-5-11(6-8-12)14-10-24-17(19-14)20-15(21)13-4-2-3-9-18-13/h2-10H,1H3,(H,19,20,21). The molecular formula is C17H13N3O3S. The van der Waals surface area contributed by atoms with E-state index in [0.717, 1.165) is 5.56 Å². The number of pyridine rings is 1.